The van der Waals surface area contributed by atoms with Crippen molar-refractivity contribution in [1.82, 2.24) is 4.90 Å². The van der Waals surface area contributed by atoms with Crippen LogP contribution in [0, 0.1) is 5.92 Å². The molecule has 7 heteroatoms. The van der Waals surface area contributed by atoms with Crippen LogP contribution in [0.5, 0.6) is 0 Å². The Bertz CT molecular complexity index is 626. The maximum absolute atomic E-state index is 13.1. The molecule has 0 bridgehead atoms. The second kappa shape index (κ2) is 3.82. The van der Waals surface area contributed by atoms with Crippen LogP contribution >= 0.6 is 0 Å². The second-order valence-corrected chi connectivity index (χ2v) is 4.98. The van der Waals surface area contributed by atoms with E-state index in [1.54, 1.807) is 24.3 Å². The lowest BCUT2D eigenvalue weighted by atomic mass is 9.90. The molecule has 1 amide bonds. The van der Waals surface area contributed by atoms with Gasteiger partial charge in [-0.05, 0) is 11.6 Å². The third-order valence-corrected chi connectivity index (χ3v) is 3.85. The van der Waals surface area contributed by atoms with Crippen LogP contribution in [0.1, 0.15) is 12.5 Å². The second-order valence-electron chi connectivity index (χ2n) is 4.98. The fourth-order valence-electron chi connectivity index (χ4n) is 2.64. The number of fused-ring (bicyclic) bond motifs is 2. The molecule has 1 N–H and O–H groups in total. The molecule has 4 nitrogen and oxygen atoms in total. The van der Waals surface area contributed by atoms with Gasteiger partial charge in [-0.2, -0.15) is 13.2 Å². The summed E-state index contributed by atoms with van der Waals surface area (Å²) in [5.74, 6) is -2.82. The number of alkyl halides is 3. The van der Waals surface area contributed by atoms with E-state index < -0.39 is 23.6 Å². The van der Waals surface area contributed by atoms with E-state index >= 15 is 0 Å². The zero-order chi connectivity index (χ0) is 14.7. The lowest BCUT2D eigenvalue weighted by Crippen LogP contribution is -2.54. The number of amidine groups is 1. The van der Waals surface area contributed by atoms with Gasteiger partial charge >= 0.3 is 6.18 Å². The highest BCUT2D eigenvalue weighted by Gasteiger charge is 2.70. The summed E-state index contributed by atoms with van der Waals surface area (Å²) in [5, 5.41) is 9.88. The number of hydrogen-bond donors (Lipinski definition) is 1. The minimum Gasteiger partial charge on any atom is -0.372 e. The van der Waals surface area contributed by atoms with Crippen molar-refractivity contribution in [3.8, 4) is 0 Å². The normalized spacial score (nSPS) is 29.1. The number of amides is 1. The van der Waals surface area contributed by atoms with Crippen molar-refractivity contribution in [3.63, 3.8) is 0 Å². The molecule has 2 aliphatic heterocycles. The number of hydrogen-bond acceptors (Lipinski definition) is 3. The van der Waals surface area contributed by atoms with Gasteiger partial charge in [0.25, 0.3) is 5.91 Å². The predicted molar refractivity (Wildman–Crippen MR) is 64.3 cm³/mol. The summed E-state index contributed by atoms with van der Waals surface area (Å²) in [4.78, 5) is 17.0. The summed E-state index contributed by atoms with van der Waals surface area (Å²) in [5.41, 5.74) is -2.21. The Balaban J connectivity index is 2.13. The van der Waals surface area contributed by atoms with E-state index in [0.29, 0.717) is 11.3 Å². The Morgan fingerprint density at radius 3 is 2.70 bits per heavy atom. The molecule has 1 aromatic carbocycles. The number of carbonyl (C=O) groups excluding carboxylic acids is 1. The largest absolute Gasteiger partial charge is 0.427 e. The molecule has 3 rings (SSSR count). The molecule has 1 fully saturated rings. The van der Waals surface area contributed by atoms with E-state index in [2.05, 4.69) is 4.99 Å². The van der Waals surface area contributed by atoms with E-state index in [0.717, 1.165) is 11.8 Å². The van der Waals surface area contributed by atoms with Crippen LogP contribution < -0.4 is 0 Å². The third kappa shape index (κ3) is 1.46. The lowest BCUT2D eigenvalue weighted by Gasteiger charge is -2.26. The van der Waals surface area contributed by atoms with Gasteiger partial charge in [-0.3, -0.25) is 9.69 Å². The maximum atomic E-state index is 13.1. The van der Waals surface area contributed by atoms with Crippen molar-refractivity contribution < 1.29 is 23.1 Å². The minimum absolute atomic E-state index is 0.00340. The number of nitrogens with zero attached hydrogens (tertiary/aromatic N) is 2. The number of halogens is 3. The van der Waals surface area contributed by atoms with Gasteiger partial charge < -0.3 is 5.11 Å². The lowest BCUT2D eigenvalue weighted by molar-refractivity contribution is -0.257. The molecule has 1 aromatic rings. The van der Waals surface area contributed by atoms with Gasteiger partial charge in [0.05, 0.1) is 18.2 Å². The van der Waals surface area contributed by atoms with Crippen molar-refractivity contribution in [2.24, 2.45) is 10.9 Å². The van der Waals surface area contributed by atoms with Crippen molar-refractivity contribution >= 4 is 17.4 Å². The molecule has 106 valence electrons. The molecule has 0 unspecified atom stereocenters. The van der Waals surface area contributed by atoms with E-state index in [-0.39, 0.29) is 12.4 Å². The van der Waals surface area contributed by atoms with Gasteiger partial charge in [0, 0.05) is 0 Å². The molecular weight excluding hydrogens is 273 g/mol. The topological polar surface area (TPSA) is 52.9 Å². The summed E-state index contributed by atoms with van der Waals surface area (Å²) in [6.45, 7) is 1.16. The van der Waals surface area contributed by atoms with Gasteiger partial charge in [-0.25, -0.2) is 4.99 Å². The Morgan fingerprint density at radius 2 is 2.05 bits per heavy atom. The third-order valence-electron chi connectivity index (χ3n) is 3.85. The van der Waals surface area contributed by atoms with Crippen molar-refractivity contribution in [2.75, 3.05) is 0 Å². The van der Waals surface area contributed by atoms with Crippen LogP contribution in [0.4, 0.5) is 18.9 Å². The van der Waals surface area contributed by atoms with Crippen LogP contribution in [-0.2, 0) is 11.3 Å². The molecule has 0 aliphatic carbocycles. The Labute approximate surface area is 112 Å². The standard InChI is InChI=1S/C13H11F3N2O2/c1-7-10-17-9-5-3-2-4-8(9)6-18(10)11(19)12(7,20)13(14,15)16/h2-5,7,20H,6H2,1H3/t7-,12-/m1/s1. The van der Waals surface area contributed by atoms with Gasteiger partial charge in [0.15, 0.2) is 0 Å². The highest BCUT2D eigenvalue weighted by Crippen LogP contribution is 2.46. The first-order chi connectivity index (χ1) is 9.26. The van der Waals surface area contributed by atoms with Gasteiger partial charge in [-0.15, -0.1) is 0 Å². The van der Waals surface area contributed by atoms with Crippen LogP contribution in [-0.4, -0.2) is 33.5 Å². The smallest absolute Gasteiger partial charge is 0.372 e. The molecule has 2 atom stereocenters. The fourth-order valence-corrected chi connectivity index (χ4v) is 2.64. The quantitative estimate of drug-likeness (QED) is 0.792. The molecule has 0 spiro atoms. The molecule has 0 radical (unpaired) electrons. The first-order valence-electron chi connectivity index (χ1n) is 6.04. The Kier molecular flexibility index (Phi) is 2.50. The predicted octanol–water partition coefficient (Wildman–Crippen LogP) is 2.00. The van der Waals surface area contributed by atoms with Gasteiger partial charge in [-0.1, -0.05) is 25.1 Å². The van der Waals surface area contributed by atoms with Crippen LogP contribution in [0.2, 0.25) is 0 Å². The zero-order valence-corrected chi connectivity index (χ0v) is 10.5. The first kappa shape index (κ1) is 13.1. The summed E-state index contributed by atoms with van der Waals surface area (Å²) < 4.78 is 39.2. The number of aliphatic hydroxyl groups is 1. The number of carbonyl (C=O) groups is 1. The fraction of sp³-hybridized carbons (Fsp3) is 0.385. The molecule has 20 heavy (non-hydrogen) atoms. The van der Waals surface area contributed by atoms with Crippen molar-refractivity contribution in [2.45, 2.75) is 25.2 Å². The summed E-state index contributed by atoms with van der Waals surface area (Å²) >= 11 is 0. The number of rotatable bonds is 0. The monoisotopic (exact) mass is 284 g/mol. The van der Waals surface area contributed by atoms with E-state index in [4.69, 9.17) is 0 Å². The summed E-state index contributed by atoms with van der Waals surface area (Å²) in [7, 11) is 0. The molecule has 0 saturated carbocycles. The number of para-hydroxylation sites is 1. The summed E-state index contributed by atoms with van der Waals surface area (Å²) in [6.07, 6.45) is -5.03. The molecule has 2 aliphatic rings. The first-order valence-corrected chi connectivity index (χ1v) is 6.04. The van der Waals surface area contributed by atoms with Crippen molar-refractivity contribution in [1.29, 1.82) is 0 Å². The highest BCUT2D eigenvalue weighted by atomic mass is 19.4. The molecule has 2 heterocycles. The van der Waals surface area contributed by atoms with E-state index in [9.17, 15) is 23.1 Å². The zero-order valence-electron chi connectivity index (χ0n) is 10.5. The average molecular weight is 284 g/mol. The number of benzene rings is 1. The van der Waals surface area contributed by atoms with E-state index in [1.165, 1.54) is 0 Å². The molecular formula is C13H11F3N2O2. The SMILES string of the molecule is C[C@@H]1C2=Nc3ccccc3CN2C(=O)[C@@]1(O)C(F)(F)F. The van der Waals surface area contributed by atoms with Crippen molar-refractivity contribution in [3.05, 3.63) is 29.8 Å². The van der Waals surface area contributed by atoms with E-state index in [1.807, 2.05) is 0 Å². The van der Waals surface area contributed by atoms with Crippen LogP contribution in [0.3, 0.4) is 0 Å². The average Bonchev–Trinajstić information content (AvgIpc) is 2.59. The van der Waals surface area contributed by atoms with Crippen LogP contribution in [0.25, 0.3) is 0 Å². The Hall–Kier alpha value is -1.89. The summed E-state index contributed by atoms with van der Waals surface area (Å²) in [6, 6.07) is 6.80. The molecule has 0 aromatic heterocycles. The number of aliphatic imine (C=N–C) groups is 1. The van der Waals surface area contributed by atoms with Gasteiger partial charge in [0.1, 0.15) is 5.84 Å². The highest BCUT2D eigenvalue weighted by molar-refractivity contribution is 6.13. The molecule has 1 saturated heterocycles. The van der Waals surface area contributed by atoms with Gasteiger partial charge in [0.2, 0.25) is 5.60 Å². The van der Waals surface area contributed by atoms with Crippen LogP contribution in [0.15, 0.2) is 29.3 Å². The Morgan fingerprint density at radius 1 is 1.40 bits per heavy atom. The maximum Gasteiger partial charge on any atom is 0.427 e. The minimum atomic E-state index is -5.03.